The monoisotopic (exact) mass is 1200 g/mol. The van der Waals surface area contributed by atoms with Gasteiger partial charge in [0.25, 0.3) is 0 Å². The van der Waals surface area contributed by atoms with Gasteiger partial charge in [0.15, 0.2) is 0 Å². The SMILES string of the molecule is C=CC(=O)OCCCCCCOc1ccc(O[C@@H]2CCC3(C)C(=C[C@@H](OC(=O)c4ccc(OCCCCCCOC(=O)C=C)cc4)C4C3C[C@H](Oc3ccc(C(OCCCCC)OC(=O)C=C)cc3)C3(C)C(C(C)CCC(C)C(C)C)CCC43)C2)cc1. The van der Waals surface area contributed by atoms with Crippen molar-refractivity contribution in [1.29, 1.82) is 0 Å². The number of rotatable bonds is 37. The second kappa shape index (κ2) is 33.9. The molecule has 3 aromatic carbocycles. The van der Waals surface area contributed by atoms with Crippen LogP contribution in [0.2, 0.25) is 0 Å². The molecule has 0 bridgehead atoms. The molecule has 9 unspecified atom stereocenters. The van der Waals surface area contributed by atoms with E-state index < -0.39 is 24.3 Å². The summed E-state index contributed by atoms with van der Waals surface area (Å²) in [5.74, 6) is 3.78. The van der Waals surface area contributed by atoms with Crippen LogP contribution in [-0.2, 0) is 38.1 Å². The Bertz CT molecular complexity index is 2700. The van der Waals surface area contributed by atoms with Gasteiger partial charge in [-0.15, -0.1) is 0 Å². The van der Waals surface area contributed by atoms with Gasteiger partial charge in [-0.25, -0.2) is 19.2 Å². The number of carbonyl (C=O) groups is 4. The lowest BCUT2D eigenvalue weighted by Crippen LogP contribution is -2.61. The summed E-state index contributed by atoms with van der Waals surface area (Å²) in [6.45, 7) is 29.5. The van der Waals surface area contributed by atoms with E-state index in [1.807, 2.05) is 72.8 Å². The highest BCUT2D eigenvalue weighted by Crippen LogP contribution is 2.68. The topological polar surface area (TPSA) is 151 Å². The van der Waals surface area contributed by atoms with Crippen LogP contribution in [0.3, 0.4) is 0 Å². The number of hydrogen-bond donors (Lipinski definition) is 0. The Morgan fingerprint density at radius 3 is 1.75 bits per heavy atom. The van der Waals surface area contributed by atoms with Gasteiger partial charge in [0, 0.05) is 41.5 Å². The zero-order valence-corrected chi connectivity index (χ0v) is 53.5. The Labute approximate surface area is 520 Å². The molecule has 0 aromatic heterocycles. The molecule has 476 valence electrons. The molecule has 0 radical (unpaired) electrons. The van der Waals surface area contributed by atoms with Gasteiger partial charge in [-0.05, 0) is 210 Å². The average molecular weight is 1200 g/mol. The molecule has 0 spiro atoms. The number of hydrogen-bond acceptors (Lipinski definition) is 13. The highest BCUT2D eigenvalue weighted by atomic mass is 16.7. The predicted molar refractivity (Wildman–Crippen MR) is 340 cm³/mol. The van der Waals surface area contributed by atoms with Crippen LogP contribution in [0.4, 0.5) is 0 Å². The fraction of sp³-hybridized carbons (Fsp3) is 0.595. The third kappa shape index (κ3) is 18.8. The van der Waals surface area contributed by atoms with Crippen molar-refractivity contribution in [3.8, 4) is 23.0 Å². The first-order valence-corrected chi connectivity index (χ1v) is 32.8. The van der Waals surface area contributed by atoms with E-state index >= 15 is 0 Å². The van der Waals surface area contributed by atoms with Gasteiger partial charge < -0.3 is 42.6 Å². The van der Waals surface area contributed by atoms with Gasteiger partial charge in [-0.2, -0.15) is 0 Å². The lowest BCUT2D eigenvalue weighted by molar-refractivity contribution is -0.175. The maximum atomic E-state index is 14.7. The van der Waals surface area contributed by atoms with E-state index in [4.69, 9.17) is 42.6 Å². The molecule has 3 fully saturated rings. The lowest BCUT2D eigenvalue weighted by Gasteiger charge is -2.61. The van der Waals surface area contributed by atoms with E-state index in [0.717, 1.165) is 132 Å². The molecule has 3 aromatic rings. The Hall–Kier alpha value is -6.34. The first kappa shape index (κ1) is 68.2. The fourth-order valence-corrected chi connectivity index (χ4v) is 14.4. The van der Waals surface area contributed by atoms with Crippen molar-refractivity contribution in [1.82, 2.24) is 0 Å². The molecular weight excluding hydrogens is 1100 g/mol. The smallest absolute Gasteiger partial charge is 0.338 e. The maximum Gasteiger partial charge on any atom is 0.338 e. The summed E-state index contributed by atoms with van der Waals surface area (Å²) >= 11 is 0. The van der Waals surface area contributed by atoms with Gasteiger partial charge in [0.2, 0.25) is 6.29 Å². The second-order valence-corrected chi connectivity index (χ2v) is 25.8. The van der Waals surface area contributed by atoms with E-state index in [0.29, 0.717) is 74.4 Å². The standard InChI is InChI=1S/C74H102O13/c1-11-15-20-47-83-72(87-69(77)14-4)55-29-33-60(34-30-55)85-66-50-64-70(63-40-39-62(74(63,66)10)53(8)26-25-52(7)51(5)6)65(86-71(78)54-27-31-57(32-28-54)79-43-21-16-18-23-45-81-67(75)12-2)49-56-48-61(41-42-73(56,64)9)84-59-37-35-58(36-38-59)80-44-22-17-19-24-46-82-68(76)13-3/h12-14,27-38,49,51-53,61-66,70,72H,2-4,11,15-26,39-48,50H2,1,5-10H3/t52?,53?,61-,62?,63?,64?,65-,66+,70?,72?,73?,74?/m1/s1. The Kier molecular flexibility index (Phi) is 26.5. The quantitative estimate of drug-likeness (QED) is 0.0135. The van der Waals surface area contributed by atoms with Gasteiger partial charge in [-0.3, -0.25) is 0 Å². The first-order valence-electron chi connectivity index (χ1n) is 32.8. The van der Waals surface area contributed by atoms with Crippen LogP contribution < -0.4 is 18.9 Å². The van der Waals surface area contributed by atoms with Crippen LogP contribution in [0.25, 0.3) is 0 Å². The minimum atomic E-state index is -0.866. The summed E-state index contributed by atoms with van der Waals surface area (Å²) in [6, 6.07) is 23.2. The fourth-order valence-electron chi connectivity index (χ4n) is 14.4. The van der Waals surface area contributed by atoms with Crippen LogP contribution in [-0.4, -0.2) is 75.2 Å². The van der Waals surface area contributed by atoms with Gasteiger partial charge in [-0.1, -0.05) is 99.5 Å². The highest BCUT2D eigenvalue weighted by molar-refractivity contribution is 5.89. The molecule has 13 nitrogen and oxygen atoms in total. The minimum Gasteiger partial charge on any atom is -0.494 e. The van der Waals surface area contributed by atoms with Gasteiger partial charge >= 0.3 is 23.9 Å². The summed E-state index contributed by atoms with van der Waals surface area (Å²) in [5.41, 5.74) is 2.02. The van der Waals surface area contributed by atoms with Crippen molar-refractivity contribution in [2.75, 3.05) is 33.0 Å². The normalized spacial score (nSPS) is 24.7. The minimum absolute atomic E-state index is 0.0514. The van der Waals surface area contributed by atoms with Crippen LogP contribution in [0, 0.1) is 52.3 Å². The zero-order valence-electron chi connectivity index (χ0n) is 53.5. The van der Waals surface area contributed by atoms with Crippen molar-refractivity contribution in [2.24, 2.45) is 52.3 Å². The summed E-state index contributed by atoms with van der Waals surface area (Å²) in [6.07, 6.45) is 22.0. The third-order valence-corrected chi connectivity index (χ3v) is 19.8. The molecular formula is C74H102O13. The molecule has 87 heavy (non-hydrogen) atoms. The number of ether oxygens (including phenoxy) is 9. The van der Waals surface area contributed by atoms with E-state index in [1.54, 1.807) is 0 Å². The van der Waals surface area contributed by atoms with Crippen molar-refractivity contribution >= 4 is 23.9 Å². The summed E-state index contributed by atoms with van der Waals surface area (Å²) in [5, 5.41) is 0. The van der Waals surface area contributed by atoms with Crippen molar-refractivity contribution in [3.05, 3.63) is 134 Å². The zero-order chi connectivity index (χ0) is 62.3. The molecule has 0 aliphatic heterocycles. The molecule has 0 saturated heterocycles. The van der Waals surface area contributed by atoms with Crippen LogP contribution in [0.1, 0.15) is 193 Å². The highest BCUT2D eigenvalue weighted by Gasteiger charge is 2.66. The third-order valence-electron chi connectivity index (χ3n) is 19.8. The molecule has 4 aliphatic rings. The van der Waals surface area contributed by atoms with Crippen molar-refractivity contribution in [2.45, 2.75) is 195 Å². The van der Waals surface area contributed by atoms with Crippen molar-refractivity contribution < 1.29 is 61.8 Å². The number of unbranched alkanes of at least 4 members (excludes halogenated alkanes) is 8. The van der Waals surface area contributed by atoms with E-state index in [1.165, 1.54) is 30.2 Å². The van der Waals surface area contributed by atoms with Crippen molar-refractivity contribution in [3.63, 3.8) is 0 Å². The average Bonchev–Trinajstić information content (AvgIpc) is 1.73. The number of benzene rings is 3. The van der Waals surface area contributed by atoms with Crippen LogP contribution in [0.5, 0.6) is 23.0 Å². The Balaban J connectivity index is 1.13. The second-order valence-electron chi connectivity index (χ2n) is 25.8. The predicted octanol–water partition coefficient (Wildman–Crippen LogP) is 16.9. The van der Waals surface area contributed by atoms with E-state index in [9.17, 15) is 19.2 Å². The maximum absolute atomic E-state index is 14.7. The molecule has 0 amide bonds. The number of esters is 4. The molecule has 7 rings (SSSR count). The number of fused-ring (bicyclic) bond motifs is 5. The van der Waals surface area contributed by atoms with Gasteiger partial charge in [0.1, 0.15) is 41.3 Å². The van der Waals surface area contributed by atoms with E-state index in [-0.39, 0.29) is 52.7 Å². The molecule has 0 heterocycles. The van der Waals surface area contributed by atoms with Crippen LogP contribution >= 0.6 is 0 Å². The Morgan fingerprint density at radius 2 is 1.16 bits per heavy atom. The first-order chi connectivity index (χ1) is 42.0. The van der Waals surface area contributed by atoms with Gasteiger partial charge in [0.05, 0.1) is 38.6 Å². The molecule has 13 heteroatoms. The van der Waals surface area contributed by atoms with E-state index in [2.05, 4.69) is 74.3 Å². The molecule has 0 N–H and O–H groups in total. The molecule has 3 saturated carbocycles. The molecule has 4 aliphatic carbocycles. The largest absolute Gasteiger partial charge is 0.494 e. The van der Waals surface area contributed by atoms with Crippen LogP contribution in [0.15, 0.2) is 122 Å². The summed E-state index contributed by atoms with van der Waals surface area (Å²) in [7, 11) is 0. The lowest BCUT2D eigenvalue weighted by atomic mass is 9.45. The molecule has 12 atom stereocenters. The summed E-state index contributed by atoms with van der Waals surface area (Å²) < 4.78 is 55.6. The number of carbonyl (C=O) groups excluding carboxylic acids is 4. The summed E-state index contributed by atoms with van der Waals surface area (Å²) in [4.78, 5) is 49.9. The Morgan fingerprint density at radius 1 is 0.609 bits per heavy atom.